The summed E-state index contributed by atoms with van der Waals surface area (Å²) < 4.78 is 58.7. The number of aliphatic hydroxyl groups excluding tert-OH is 1. The Morgan fingerprint density at radius 2 is 1.50 bits per heavy atom. The monoisotopic (exact) mass is 610 g/mol. The minimum atomic E-state index is -4.84. The van der Waals surface area contributed by atoms with E-state index >= 15 is 0 Å². The number of piperazine rings is 1. The first kappa shape index (κ1) is 31.2. The molecule has 5 rings (SSSR count). The summed E-state index contributed by atoms with van der Waals surface area (Å²) >= 11 is 0. The average Bonchev–Trinajstić information content (AvgIpc) is 3.01. The summed E-state index contributed by atoms with van der Waals surface area (Å²) in [6.45, 7) is 2.30. The van der Waals surface area contributed by atoms with Crippen LogP contribution in [-0.2, 0) is 32.2 Å². The van der Waals surface area contributed by atoms with Crippen LogP contribution in [0, 0.1) is 12.7 Å². The predicted octanol–water partition coefficient (Wildman–Crippen LogP) is 4.45. The lowest BCUT2D eigenvalue weighted by molar-refractivity contribution is -0.138. The Labute approximate surface area is 252 Å². The number of anilines is 1. The van der Waals surface area contributed by atoms with Gasteiger partial charge in [0, 0.05) is 44.0 Å². The van der Waals surface area contributed by atoms with Gasteiger partial charge in [0.2, 0.25) is 0 Å². The molecule has 44 heavy (non-hydrogen) atoms. The van der Waals surface area contributed by atoms with Gasteiger partial charge < -0.3 is 10.0 Å². The zero-order valence-corrected chi connectivity index (χ0v) is 24.3. The van der Waals surface area contributed by atoms with Gasteiger partial charge in [0.15, 0.2) is 0 Å². The molecule has 0 saturated carbocycles. The third-order valence-electron chi connectivity index (χ3n) is 8.22. The summed E-state index contributed by atoms with van der Waals surface area (Å²) in [5, 5.41) is 10.3. The highest BCUT2D eigenvalue weighted by atomic mass is 19.4. The van der Waals surface area contributed by atoms with E-state index in [9.17, 15) is 32.3 Å². The van der Waals surface area contributed by atoms with Crippen molar-refractivity contribution in [3.05, 3.63) is 133 Å². The highest BCUT2D eigenvalue weighted by molar-refractivity contribution is 5.50. The van der Waals surface area contributed by atoms with Gasteiger partial charge >= 0.3 is 11.9 Å². The number of hydrogen-bond acceptors (Lipinski definition) is 5. The van der Waals surface area contributed by atoms with Crippen molar-refractivity contribution in [2.75, 3.05) is 31.1 Å². The number of rotatable bonds is 9. The zero-order chi connectivity index (χ0) is 31.4. The van der Waals surface area contributed by atoms with E-state index in [0.717, 1.165) is 38.5 Å². The molecule has 0 bridgehead atoms. The Morgan fingerprint density at radius 3 is 2.14 bits per heavy atom. The van der Waals surface area contributed by atoms with Crippen molar-refractivity contribution in [1.82, 2.24) is 14.0 Å². The van der Waals surface area contributed by atoms with E-state index in [-0.39, 0.29) is 37.1 Å². The highest BCUT2D eigenvalue weighted by Gasteiger charge is 2.35. The lowest BCUT2D eigenvalue weighted by atomic mass is 10.1. The van der Waals surface area contributed by atoms with Crippen LogP contribution in [0.25, 0.3) is 0 Å². The molecule has 1 aliphatic heterocycles. The average molecular weight is 611 g/mol. The van der Waals surface area contributed by atoms with Crippen LogP contribution in [0.1, 0.15) is 27.9 Å². The fourth-order valence-electron chi connectivity index (χ4n) is 5.86. The summed E-state index contributed by atoms with van der Waals surface area (Å²) in [7, 11) is 0. The fourth-order valence-corrected chi connectivity index (χ4v) is 5.86. The maximum atomic E-state index is 14.9. The number of nitrogens with zero attached hydrogens (tertiary/aromatic N) is 4. The minimum absolute atomic E-state index is 0.0181. The van der Waals surface area contributed by atoms with E-state index in [4.69, 9.17) is 0 Å². The van der Waals surface area contributed by atoms with Crippen LogP contribution in [0.4, 0.5) is 23.2 Å². The number of hydrogen-bond donors (Lipinski definition) is 1. The van der Waals surface area contributed by atoms with E-state index in [1.165, 1.54) is 6.92 Å². The van der Waals surface area contributed by atoms with Crippen molar-refractivity contribution >= 4 is 5.69 Å². The first-order valence-corrected chi connectivity index (χ1v) is 14.4. The Bertz CT molecular complexity index is 1700. The van der Waals surface area contributed by atoms with Gasteiger partial charge in [-0.15, -0.1) is 0 Å². The van der Waals surface area contributed by atoms with Crippen molar-refractivity contribution in [3.8, 4) is 0 Å². The maximum Gasteiger partial charge on any atom is 0.416 e. The van der Waals surface area contributed by atoms with Crippen molar-refractivity contribution in [3.63, 3.8) is 0 Å². The Morgan fingerprint density at radius 1 is 0.841 bits per heavy atom. The summed E-state index contributed by atoms with van der Waals surface area (Å²) in [6, 6.07) is 21.3. The van der Waals surface area contributed by atoms with Crippen LogP contribution in [0.5, 0.6) is 0 Å². The third kappa shape index (κ3) is 6.63. The number of benzene rings is 3. The van der Waals surface area contributed by atoms with Gasteiger partial charge in [-0.1, -0.05) is 66.7 Å². The van der Waals surface area contributed by atoms with E-state index in [1.807, 2.05) is 60.7 Å². The number of aliphatic hydroxyl groups is 1. The van der Waals surface area contributed by atoms with Crippen molar-refractivity contribution < 1.29 is 22.7 Å². The van der Waals surface area contributed by atoms with Crippen molar-refractivity contribution in [2.24, 2.45) is 0 Å². The van der Waals surface area contributed by atoms with Gasteiger partial charge in [-0.25, -0.2) is 9.18 Å². The molecule has 0 spiro atoms. The molecule has 0 aliphatic carbocycles. The lowest BCUT2D eigenvalue weighted by Gasteiger charge is -2.42. The van der Waals surface area contributed by atoms with Crippen LogP contribution in [0.2, 0.25) is 0 Å². The molecule has 1 N–H and O–H groups in total. The molecule has 3 aromatic carbocycles. The molecular weight excluding hydrogens is 576 g/mol. The van der Waals surface area contributed by atoms with Gasteiger partial charge in [-0.05, 0) is 36.6 Å². The van der Waals surface area contributed by atoms with Crippen LogP contribution >= 0.6 is 0 Å². The normalized spacial score (nSPS) is 16.0. The van der Waals surface area contributed by atoms with Gasteiger partial charge in [0.05, 0.1) is 24.8 Å². The zero-order valence-electron chi connectivity index (χ0n) is 24.3. The van der Waals surface area contributed by atoms with E-state index in [1.54, 1.807) is 4.90 Å². The Balaban J connectivity index is 1.56. The van der Waals surface area contributed by atoms with E-state index < -0.39 is 40.9 Å². The predicted molar refractivity (Wildman–Crippen MR) is 160 cm³/mol. The minimum Gasteiger partial charge on any atom is -0.395 e. The van der Waals surface area contributed by atoms with Crippen molar-refractivity contribution in [2.45, 2.75) is 45.2 Å². The van der Waals surface area contributed by atoms with Crippen LogP contribution in [0.15, 0.2) is 88.5 Å². The SMILES string of the molecule is Cc1c(N2CCN(Cc3ccccc3)C(CO)C2)c(=O)n(CCc2ccccc2)c(=O)n1Cc1c(F)cccc1C(F)(F)F. The molecule has 0 amide bonds. The van der Waals surface area contributed by atoms with Crippen LogP contribution in [-0.4, -0.2) is 51.4 Å². The van der Waals surface area contributed by atoms with Gasteiger partial charge in [-0.2, -0.15) is 13.2 Å². The fraction of sp³-hybridized carbons (Fsp3) is 0.333. The number of halogens is 4. The topological polar surface area (TPSA) is 70.7 Å². The molecule has 1 unspecified atom stereocenters. The lowest BCUT2D eigenvalue weighted by Crippen LogP contribution is -2.56. The molecule has 1 saturated heterocycles. The first-order valence-electron chi connectivity index (χ1n) is 14.4. The molecule has 11 heteroatoms. The number of aromatic nitrogens is 2. The molecule has 2 heterocycles. The molecule has 4 aromatic rings. The molecule has 1 atom stereocenters. The van der Waals surface area contributed by atoms with Crippen LogP contribution in [0.3, 0.4) is 0 Å². The summed E-state index contributed by atoms with van der Waals surface area (Å²) in [5.74, 6) is -1.09. The van der Waals surface area contributed by atoms with Crippen LogP contribution < -0.4 is 16.1 Å². The van der Waals surface area contributed by atoms with E-state index in [0.29, 0.717) is 26.1 Å². The Kier molecular flexibility index (Phi) is 9.36. The summed E-state index contributed by atoms with van der Waals surface area (Å²) in [6.07, 6.45) is -4.51. The van der Waals surface area contributed by atoms with Gasteiger partial charge in [0.1, 0.15) is 11.5 Å². The van der Waals surface area contributed by atoms with E-state index in [2.05, 4.69) is 4.90 Å². The molecule has 1 aromatic heterocycles. The second-order valence-corrected chi connectivity index (χ2v) is 11.0. The smallest absolute Gasteiger partial charge is 0.395 e. The molecule has 1 aliphatic rings. The molecule has 7 nitrogen and oxygen atoms in total. The van der Waals surface area contributed by atoms with Gasteiger partial charge in [0.25, 0.3) is 5.56 Å². The third-order valence-corrected chi connectivity index (χ3v) is 8.22. The maximum absolute atomic E-state index is 14.9. The molecular formula is C33H34F4N4O3. The Hall–Kier alpha value is -4.22. The molecule has 1 fully saturated rings. The standard InChI is InChI=1S/C33H34F4N4O3/c1-23-30(39-18-17-38(26(20-39)22-42)19-25-11-6-3-7-12-25)31(43)40(16-15-24-9-4-2-5-10-24)32(44)41(23)21-27-28(33(35,36)37)13-8-14-29(27)34/h2-14,26,42H,15-22H2,1H3. The summed E-state index contributed by atoms with van der Waals surface area (Å²) in [4.78, 5) is 31.6. The molecule has 232 valence electrons. The highest BCUT2D eigenvalue weighted by Crippen LogP contribution is 2.33. The molecule has 0 radical (unpaired) electrons. The first-order chi connectivity index (χ1) is 21.1. The second-order valence-electron chi connectivity index (χ2n) is 11.0. The largest absolute Gasteiger partial charge is 0.416 e. The van der Waals surface area contributed by atoms with Gasteiger partial charge in [-0.3, -0.25) is 18.8 Å². The number of alkyl halides is 3. The summed E-state index contributed by atoms with van der Waals surface area (Å²) in [5.41, 5.74) is -1.01. The van der Waals surface area contributed by atoms with Crippen molar-refractivity contribution in [1.29, 1.82) is 0 Å². The second kappa shape index (κ2) is 13.2. The quantitative estimate of drug-likeness (QED) is 0.284. The number of aryl methyl sites for hydroxylation is 1.